The molecule has 0 amide bonds. The zero-order chi connectivity index (χ0) is 13.9. The fourth-order valence-electron chi connectivity index (χ4n) is 2.75. The van der Waals surface area contributed by atoms with E-state index in [1.54, 1.807) is 0 Å². The monoisotopic (exact) mass is 264 g/mol. The molecule has 1 heterocycles. The minimum Gasteiger partial charge on any atom is -0.468 e. The summed E-state index contributed by atoms with van der Waals surface area (Å²) in [4.78, 5) is 2.48. The molecule has 3 heteroatoms. The summed E-state index contributed by atoms with van der Waals surface area (Å²) in [5.41, 5.74) is 1.45. The summed E-state index contributed by atoms with van der Waals surface area (Å²) in [5.74, 6) is 1.08. The highest BCUT2D eigenvalue weighted by Crippen LogP contribution is 2.24. The zero-order valence-corrected chi connectivity index (χ0v) is 12.8. The van der Waals surface area contributed by atoms with Crippen LogP contribution in [0.2, 0.25) is 0 Å². The summed E-state index contributed by atoms with van der Waals surface area (Å²) in [5, 5.41) is 3.50. The second-order valence-electron chi connectivity index (χ2n) is 6.83. The molecule has 1 saturated carbocycles. The van der Waals surface area contributed by atoms with E-state index in [9.17, 15) is 0 Å². The van der Waals surface area contributed by atoms with Crippen LogP contribution < -0.4 is 5.32 Å². The molecule has 1 aromatic heterocycles. The molecule has 3 nitrogen and oxygen atoms in total. The fourth-order valence-corrected chi connectivity index (χ4v) is 2.75. The SMILES string of the molecule is CN(Cc1ccoc1CNC(C)(C)C)C1CCCC1. The van der Waals surface area contributed by atoms with E-state index < -0.39 is 0 Å². The van der Waals surface area contributed by atoms with Crippen molar-refractivity contribution in [3.63, 3.8) is 0 Å². The molecule has 0 spiro atoms. The third-order valence-electron chi connectivity index (χ3n) is 3.98. The molecule has 1 aromatic rings. The molecule has 0 unspecified atom stereocenters. The number of rotatable bonds is 5. The number of hydrogen-bond donors (Lipinski definition) is 1. The van der Waals surface area contributed by atoms with Crippen LogP contribution in [0.15, 0.2) is 16.7 Å². The highest BCUT2D eigenvalue weighted by Gasteiger charge is 2.21. The van der Waals surface area contributed by atoms with Gasteiger partial charge in [-0.1, -0.05) is 12.8 Å². The third kappa shape index (κ3) is 4.36. The van der Waals surface area contributed by atoms with Crippen LogP contribution in [0.1, 0.15) is 57.8 Å². The summed E-state index contributed by atoms with van der Waals surface area (Å²) in [6.45, 7) is 8.35. The van der Waals surface area contributed by atoms with Gasteiger partial charge in [0.2, 0.25) is 0 Å². The maximum absolute atomic E-state index is 5.63. The van der Waals surface area contributed by atoms with Gasteiger partial charge in [-0.25, -0.2) is 0 Å². The molecule has 108 valence electrons. The van der Waals surface area contributed by atoms with Crippen molar-refractivity contribution in [3.05, 3.63) is 23.7 Å². The second kappa shape index (κ2) is 6.10. The first-order valence-electron chi connectivity index (χ1n) is 7.46. The molecule has 0 atom stereocenters. The molecule has 0 aliphatic heterocycles. The van der Waals surface area contributed by atoms with Gasteiger partial charge >= 0.3 is 0 Å². The molecule has 19 heavy (non-hydrogen) atoms. The molecule has 1 aliphatic rings. The first-order chi connectivity index (χ1) is 8.96. The van der Waals surface area contributed by atoms with Gasteiger partial charge in [0.1, 0.15) is 5.76 Å². The van der Waals surface area contributed by atoms with Crippen molar-refractivity contribution in [1.29, 1.82) is 0 Å². The minimum absolute atomic E-state index is 0.126. The average Bonchev–Trinajstić information content (AvgIpc) is 2.96. The van der Waals surface area contributed by atoms with E-state index in [-0.39, 0.29) is 5.54 Å². The normalized spacial score (nSPS) is 17.5. The number of nitrogens with zero attached hydrogens (tertiary/aromatic N) is 1. The van der Waals surface area contributed by atoms with Crippen LogP contribution in [0.4, 0.5) is 0 Å². The van der Waals surface area contributed by atoms with Crippen molar-refractivity contribution in [2.75, 3.05) is 7.05 Å². The number of hydrogen-bond acceptors (Lipinski definition) is 3. The van der Waals surface area contributed by atoms with E-state index in [0.717, 1.165) is 24.9 Å². The van der Waals surface area contributed by atoms with E-state index in [1.807, 2.05) is 6.26 Å². The largest absolute Gasteiger partial charge is 0.468 e. The Morgan fingerprint density at radius 3 is 2.63 bits per heavy atom. The third-order valence-corrected chi connectivity index (χ3v) is 3.98. The van der Waals surface area contributed by atoms with Gasteiger partial charge in [-0.2, -0.15) is 0 Å². The first kappa shape index (κ1) is 14.6. The van der Waals surface area contributed by atoms with Crippen molar-refractivity contribution in [2.24, 2.45) is 0 Å². The lowest BCUT2D eigenvalue weighted by atomic mass is 10.1. The highest BCUT2D eigenvalue weighted by molar-refractivity contribution is 5.17. The predicted octanol–water partition coefficient (Wildman–Crippen LogP) is 3.54. The molecule has 1 fully saturated rings. The summed E-state index contributed by atoms with van der Waals surface area (Å²) >= 11 is 0. The van der Waals surface area contributed by atoms with Gasteiger partial charge in [0.25, 0.3) is 0 Å². The molecule has 0 saturated heterocycles. The standard InChI is InChI=1S/C16H28N2O/c1-16(2,3)17-11-15-13(9-10-19-15)12-18(4)14-7-5-6-8-14/h9-10,14,17H,5-8,11-12H2,1-4H3. The molecule has 1 N–H and O–H groups in total. The highest BCUT2D eigenvalue weighted by atomic mass is 16.3. The van der Waals surface area contributed by atoms with Crippen LogP contribution in [0.3, 0.4) is 0 Å². The van der Waals surface area contributed by atoms with Gasteiger partial charge in [-0.3, -0.25) is 4.90 Å². The summed E-state index contributed by atoms with van der Waals surface area (Å²) in [6.07, 6.45) is 7.29. The summed E-state index contributed by atoms with van der Waals surface area (Å²) in [7, 11) is 2.24. The van der Waals surface area contributed by atoms with Gasteiger partial charge in [0.15, 0.2) is 0 Å². The Kier molecular flexibility index (Phi) is 4.69. The number of nitrogens with one attached hydrogen (secondary N) is 1. The van der Waals surface area contributed by atoms with Crippen LogP contribution >= 0.6 is 0 Å². The average molecular weight is 264 g/mol. The Balaban J connectivity index is 1.91. The first-order valence-corrected chi connectivity index (χ1v) is 7.46. The molecule has 0 aromatic carbocycles. The maximum atomic E-state index is 5.63. The summed E-state index contributed by atoms with van der Waals surface area (Å²) in [6, 6.07) is 2.88. The van der Waals surface area contributed by atoms with Crippen molar-refractivity contribution in [3.8, 4) is 0 Å². The van der Waals surface area contributed by atoms with Crippen LogP contribution in [-0.2, 0) is 13.1 Å². The maximum Gasteiger partial charge on any atom is 0.122 e. The van der Waals surface area contributed by atoms with Gasteiger partial charge in [0, 0.05) is 23.7 Å². The van der Waals surface area contributed by atoms with E-state index in [4.69, 9.17) is 4.42 Å². The van der Waals surface area contributed by atoms with Crippen LogP contribution in [0.5, 0.6) is 0 Å². The molecule has 0 radical (unpaired) electrons. The summed E-state index contributed by atoms with van der Waals surface area (Å²) < 4.78 is 5.63. The van der Waals surface area contributed by atoms with Crippen LogP contribution in [-0.4, -0.2) is 23.5 Å². The fraction of sp³-hybridized carbons (Fsp3) is 0.750. The van der Waals surface area contributed by atoms with Gasteiger partial charge in [0.05, 0.1) is 12.8 Å². The Morgan fingerprint density at radius 1 is 1.32 bits per heavy atom. The molecule has 1 aliphatic carbocycles. The lowest BCUT2D eigenvalue weighted by Gasteiger charge is -2.24. The number of furan rings is 1. The second-order valence-corrected chi connectivity index (χ2v) is 6.83. The van der Waals surface area contributed by atoms with E-state index in [2.05, 4.69) is 44.1 Å². The van der Waals surface area contributed by atoms with Crippen molar-refractivity contribution in [2.45, 2.75) is 71.1 Å². The van der Waals surface area contributed by atoms with Crippen LogP contribution in [0.25, 0.3) is 0 Å². The van der Waals surface area contributed by atoms with E-state index in [1.165, 1.54) is 31.2 Å². The van der Waals surface area contributed by atoms with Crippen LogP contribution in [0, 0.1) is 0 Å². The minimum atomic E-state index is 0.126. The van der Waals surface area contributed by atoms with Crippen molar-refractivity contribution in [1.82, 2.24) is 10.2 Å². The Labute approximate surface area is 117 Å². The van der Waals surface area contributed by atoms with E-state index >= 15 is 0 Å². The Bertz CT molecular complexity index is 386. The topological polar surface area (TPSA) is 28.4 Å². The van der Waals surface area contributed by atoms with Gasteiger partial charge < -0.3 is 9.73 Å². The Morgan fingerprint density at radius 2 is 2.00 bits per heavy atom. The predicted molar refractivity (Wildman–Crippen MR) is 79.0 cm³/mol. The van der Waals surface area contributed by atoms with E-state index in [0.29, 0.717) is 0 Å². The molecular weight excluding hydrogens is 236 g/mol. The van der Waals surface area contributed by atoms with Gasteiger partial charge in [-0.15, -0.1) is 0 Å². The van der Waals surface area contributed by atoms with Crippen molar-refractivity contribution >= 4 is 0 Å². The smallest absolute Gasteiger partial charge is 0.122 e. The van der Waals surface area contributed by atoms with Crippen molar-refractivity contribution < 1.29 is 4.42 Å². The lowest BCUT2D eigenvalue weighted by molar-refractivity contribution is 0.235. The molecular formula is C16H28N2O. The quantitative estimate of drug-likeness (QED) is 0.881. The molecule has 2 rings (SSSR count). The molecule has 0 bridgehead atoms. The zero-order valence-electron chi connectivity index (χ0n) is 12.8. The van der Waals surface area contributed by atoms with Gasteiger partial charge in [-0.05, 0) is 46.7 Å². The Hall–Kier alpha value is -0.800. The lowest BCUT2D eigenvalue weighted by Crippen LogP contribution is -2.35.